The van der Waals surface area contributed by atoms with Crippen LogP contribution in [0.4, 0.5) is 11.5 Å². The summed E-state index contributed by atoms with van der Waals surface area (Å²) in [5.74, 6) is 1.77. The first-order chi connectivity index (χ1) is 18.0. The van der Waals surface area contributed by atoms with E-state index < -0.39 is 0 Å². The van der Waals surface area contributed by atoms with Crippen LogP contribution in [0.25, 0.3) is 11.4 Å². The molecule has 0 saturated carbocycles. The molecule has 0 radical (unpaired) electrons. The summed E-state index contributed by atoms with van der Waals surface area (Å²) < 4.78 is 5.74. The summed E-state index contributed by atoms with van der Waals surface area (Å²) in [6.07, 6.45) is 3.92. The van der Waals surface area contributed by atoms with Gasteiger partial charge in [0.25, 0.3) is 0 Å². The Kier molecular flexibility index (Phi) is 8.53. The van der Waals surface area contributed by atoms with Crippen LogP contribution in [0, 0.1) is 0 Å². The Hall–Kier alpha value is -2.75. The predicted molar refractivity (Wildman–Crippen MR) is 147 cm³/mol. The first kappa shape index (κ1) is 25.9. The van der Waals surface area contributed by atoms with Crippen LogP contribution in [-0.2, 0) is 22.6 Å². The number of piperazine rings is 1. The van der Waals surface area contributed by atoms with Crippen molar-refractivity contribution in [2.75, 3.05) is 76.2 Å². The maximum Gasteiger partial charge on any atom is 0.217 e. The van der Waals surface area contributed by atoms with Gasteiger partial charge < -0.3 is 30.1 Å². The number of carbonyl (C=O) groups is 1. The number of aromatic nitrogens is 2. The fourth-order valence-corrected chi connectivity index (χ4v) is 5.49. The van der Waals surface area contributed by atoms with Crippen LogP contribution in [0.5, 0.6) is 0 Å². The quantitative estimate of drug-likeness (QED) is 0.527. The summed E-state index contributed by atoms with van der Waals surface area (Å²) in [5.41, 5.74) is 4.52. The normalized spacial score (nSPS) is 19.5. The second-order valence-electron chi connectivity index (χ2n) is 10.6. The Morgan fingerprint density at radius 3 is 2.54 bits per heavy atom. The summed E-state index contributed by atoms with van der Waals surface area (Å²) in [6, 6.07) is 9.05. The number of rotatable bonds is 8. The maximum atomic E-state index is 11.3. The molecule has 0 atom stereocenters. The van der Waals surface area contributed by atoms with Gasteiger partial charge in [0.05, 0.1) is 18.9 Å². The first-order valence-corrected chi connectivity index (χ1v) is 13.8. The summed E-state index contributed by atoms with van der Waals surface area (Å²) in [4.78, 5) is 28.5. The second kappa shape index (κ2) is 12.2. The number of likely N-dealkylation sites (tertiary alicyclic amines) is 1. The molecule has 3 aliphatic rings. The predicted octanol–water partition coefficient (Wildman–Crippen LogP) is 2.37. The van der Waals surface area contributed by atoms with E-state index in [4.69, 9.17) is 14.7 Å². The van der Waals surface area contributed by atoms with E-state index in [0.717, 1.165) is 107 Å². The van der Waals surface area contributed by atoms with Gasteiger partial charge in [0.1, 0.15) is 5.82 Å². The van der Waals surface area contributed by atoms with E-state index in [1.54, 1.807) is 6.92 Å². The van der Waals surface area contributed by atoms with E-state index >= 15 is 0 Å². The van der Waals surface area contributed by atoms with Crippen LogP contribution < -0.4 is 15.5 Å². The Bertz CT molecular complexity index is 1050. The Morgan fingerprint density at radius 2 is 1.81 bits per heavy atom. The van der Waals surface area contributed by atoms with Crippen LogP contribution >= 0.6 is 0 Å². The van der Waals surface area contributed by atoms with Gasteiger partial charge in [-0.3, -0.25) is 4.79 Å². The molecule has 0 unspecified atom stereocenters. The highest BCUT2D eigenvalue weighted by atomic mass is 16.5. The zero-order valence-corrected chi connectivity index (χ0v) is 22.3. The number of piperidine rings is 1. The summed E-state index contributed by atoms with van der Waals surface area (Å²) in [6.45, 7) is 11.2. The van der Waals surface area contributed by atoms with Gasteiger partial charge in [-0.1, -0.05) is 0 Å². The molecular weight excluding hydrogens is 466 g/mol. The van der Waals surface area contributed by atoms with Crippen LogP contribution in [0.1, 0.15) is 37.4 Å². The number of amides is 1. The summed E-state index contributed by atoms with van der Waals surface area (Å²) in [7, 11) is 2.18. The average molecular weight is 508 g/mol. The fraction of sp³-hybridized carbons (Fsp3) is 0.607. The zero-order valence-electron chi connectivity index (χ0n) is 22.3. The number of carbonyl (C=O) groups excluding carboxylic acids is 1. The molecule has 2 N–H and O–H groups in total. The third-order valence-electron chi connectivity index (χ3n) is 7.75. The van der Waals surface area contributed by atoms with Crippen molar-refractivity contribution in [2.45, 2.75) is 45.3 Å². The fourth-order valence-electron chi connectivity index (χ4n) is 5.49. The van der Waals surface area contributed by atoms with Crippen molar-refractivity contribution in [2.24, 2.45) is 0 Å². The number of fused-ring (bicyclic) bond motifs is 1. The molecule has 200 valence electrons. The number of nitrogens with one attached hydrogen (secondary N) is 2. The van der Waals surface area contributed by atoms with Crippen molar-refractivity contribution in [3.05, 3.63) is 35.5 Å². The zero-order chi connectivity index (χ0) is 25.6. The number of ether oxygens (including phenoxy) is 1. The van der Waals surface area contributed by atoms with Gasteiger partial charge in [0.15, 0.2) is 5.82 Å². The third kappa shape index (κ3) is 6.77. The number of likely N-dealkylation sites (N-methyl/N-ethyl adjacent to an activating group) is 1. The molecule has 1 aromatic carbocycles. The van der Waals surface area contributed by atoms with Crippen molar-refractivity contribution in [1.82, 2.24) is 25.1 Å². The topological polar surface area (TPSA) is 85.9 Å². The number of hydrogen-bond donors (Lipinski definition) is 2. The van der Waals surface area contributed by atoms with Crippen molar-refractivity contribution in [1.29, 1.82) is 0 Å². The lowest BCUT2D eigenvalue weighted by molar-refractivity contribution is -0.119. The van der Waals surface area contributed by atoms with Crippen LogP contribution in [0.3, 0.4) is 0 Å². The molecule has 0 bridgehead atoms. The number of anilines is 2. The van der Waals surface area contributed by atoms with E-state index in [0.29, 0.717) is 19.3 Å². The molecule has 2 aromatic rings. The van der Waals surface area contributed by atoms with E-state index in [1.165, 1.54) is 5.69 Å². The van der Waals surface area contributed by atoms with Gasteiger partial charge in [-0.15, -0.1) is 0 Å². The lowest BCUT2D eigenvalue weighted by atomic mass is 10.0. The molecule has 2 fully saturated rings. The van der Waals surface area contributed by atoms with Gasteiger partial charge in [-0.2, -0.15) is 0 Å². The van der Waals surface area contributed by atoms with E-state index in [9.17, 15) is 4.79 Å². The first-order valence-electron chi connectivity index (χ1n) is 13.8. The summed E-state index contributed by atoms with van der Waals surface area (Å²) >= 11 is 0. The standard InChI is InChI=1S/C28H41N7O2/c1-21(36)30-23-8-13-34(14-9-23)12-3-11-29-28-25-20-37-19-10-26(25)31-27(32-28)22-4-6-24(7-5-22)35-17-15-33(2)16-18-35/h4-7,23H,3,8-20H2,1-2H3,(H,30,36)(H,29,31,32). The van der Waals surface area contributed by atoms with Gasteiger partial charge >= 0.3 is 0 Å². The van der Waals surface area contributed by atoms with Crippen molar-refractivity contribution >= 4 is 17.4 Å². The monoisotopic (exact) mass is 507 g/mol. The summed E-state index contributed by atoms with van der Waals surface area (Å²) in [5, 5.41) is 6.65. The van der Waals surface area contributed by atoms with Crippen molar-refractivity contribution in [3.8, 4) is 11.4 Å². The Morgan fingerprint density at radius 1 is 1.05 bits per heavy atom. The lowest BCUT2D eigenvalue weighted by Gasteiger charge is -2.34. The Balaban J connectivity index is 1.19. The Labute approximate surface area is 220 Å². The molecule has 0 spiro atoms. The molecule has 1 amide bonds. The van der Waals surface area contributed by atoms with Crippen LogP contribution in [-0.4, -0.2) is 97.7 Å². The van der Waals surface area contributed by atoms with Crippen LogP contribution in [0.15, 0.2) is 24.3 Å². The molecule has 3 aliphatic heterocycles. The molecule has 4 heterocycles. The highest BCUT2D eigenvalue weighted by molar-refractivity contribution is 5.73. The third-order valence-corrected chi connectivity index (χ3v) is 7.75. The number of benzene rings is 1. The SMILES string of the molecule is CC(=O)NC1CCN(CCCNc2nc(-c3ccc(N4CCN(C)CC4)cc3)nc3c2COCC3)CC1. The molecule has 2 saturated heterocycles. The second-order valence-corrected chi connectivity index (χ2v) is 10.6. The highest BCUT2D eigenvalue weighted by Crippen LogP contribution is 2.28. The molecule has 37 heavy (non-hydrogen) atoms. The minimum Gasteiger partial charge on any atom is -0.376 e. The van der Waals surface area contributed by atoms with Crippen molar-refractivity contribution < 1.29 is 9.53 Å². The average Bonchev–Trinajstić information content (AvgIpc) is 2.92. The van der Waals surface area contributed by atoms with E-state index in [-0.39, 0.29) is 5.91 Å². The number of hydrogen-bond acceptors (Lipinski definition) is 8. The largest absolute Gasteiger partial charge is 0.376 e. The van der Waals surface area contributed by atoms with Gasteiger partial charge in [-0.05, 0) is 57.1 Å². The molecule has 1 aromatic heterocycles. The van der Waals surface area contributed by atoms with Crippen molar-refractivity contribution in [3.63, 3.8) is 0 Å². The van der Waals surface area contributed by atoms with Gasteiger partial charge in [-0.25, -0.2) is 9.97 Å². The molecule has 9 heteroatoms. The van der Waals surface area contributed by atoms with Gasteiger partial charge in [0.2, 0.25) is 5.91 Å². The minimum absolute atomic E-state index is 0.0742. The smallest absolute Gasteiger partial charge is 0.217 e. The lowest BCUT2D eigenvalue weighted by Crippen LogP contribution is -2.44. The molecular formula is C28H41N7O2. The molecule has 0 aliphatic carbocycles. The minimum atomic E-state index is 0.0742. The van der Waals surface area contributed by atoms with Crippen LogP contribution in [0.2, 0.25) is 0 Å². The molecule has 5 rings (SSSR count). The maximum absolute atomic E-state index is 11.3. The van der Waals surface area contributed by atoms with E-state index in [1.807, 2.05) is 0 Å². The highest BCUT2D eigenvalue weighted by Gasteiger charge is 2.21. The van der Waals surface area contributed by atoms with Gasteiger partial charge in [0, 0.05) is 82.0 Å². The molecule has 9 nitrogen and oxygen atoms in total. The van der Waals surface area contributed by atoms with E-state index in [2.05, 4.69) is 56.6 Å². The number of nitrogens with zero attached hydrogens (tertiary/aromatic N) is 5.